The molecule has 0 bridgehead atoms. The third-order valence-corrected chi connectivity index (χ3v) is 1.73. The standard InChI is InChI=1S/C8H16N4O/c1-5(2)7-10-8(12-11-7)6(9)4-13-3/h5-6H,4,9H2,1-3H3,(H,10,11,12). The number of nitrogens with one attached hydrogen (secondary N) is 1. The zero-order chi connectivity index (χ0) is 9.84. The molecule has 1 atom stereocenters. The molecule has 0 radical (unpaired) electrons. The number of aromatic nitrogens is 3. The van der Waals surface area contributed by atoms with Crippen LogP contribution in [0, 0.1) is 0 Å². The molecule has 1 rings (SSSR count). The number of H-pyrrole nitrogens is 1. The van der Waals surface area contributed by atoms with Crippen LogP contribution in [0.4, 0.5) is 0 Å². The SMILES string of the molecule is COCC(N)c1nc(C(C)C)n[nH]1. The van der Waals surface area contributed by atoms with Crippen molar-refractivity contribution in [2.24, 2.45) is 5.73 Å². The van der Waals surface area contributed by atoms with Crippen molar-refractivity contribution in [3.63, 3.8) is 0 Å². The molecule has 0 aliphatic heterocycles. The minimum Gasteiger partial charge on any atom is -0.383 e. The molecular weight excluding hydrogens is 168 g/mol. The van der Waals surface area contributed by atoms with Crippen LogP contribution in [-0.4, -0.2) is 28.9 Å². The van der Waals surface area contributed by atoms with Gasteiger partial charge in [0.05, 0.1) is 12.6 Å². The predicted octanol–water partition coefficient (Wildman–Crippen LogP) is 0.574. The Morgan fingerprint density at radius 3 is 2.69 bits per heavy atom. The fraction of sp³-hybridized carbons (Fsp3) is 0.750. The van der Waals surface area contributed by atoms with Gasteiger partial charge < -0.3 is 10.5 Å². The lowest BCUT2D eigenvalue weighted by molar-refractivity contribution is 0.178. The van der Waals surface area contributed by atoms with Gasteiger partial charge in [-0.3, -0.25) is 5.10 Å². The Bertz CT molecular complexity index is 258. The van der Waals surface area contributed by atoms with Gasteiger partial charge in [-0.25, -0.2) is 4.98 Å². The second-order valence-corrected chi connectivity index (χ2v) is 3.30. The van der Waals surface area contributed by atoms with Crippen molar-refractivity contribution in [2.75, 3.05) is 13.7 Å². The highest BCUT2D eigenvalue weighted by Crippen LogP contribution is 2.10. The van der Waals surface area contributed by atoms with E-state index < -0.39 is 0 Å². The molecule has 1 aromatic rings. The fourth-order valence-corrected chi connectivity index (χ4v) is 0.970. The largest absolute Gasteiger partial charge is 0.383 e. The number of nitrogens with two attached hydrogens (primary N) is 1. The maximum absolute atomic E-state index is 5.76. The molecule has 1 aromatic heterocycles. The first kappa shape index (κ1) is 10.1. The van der Waals surface area contributed by atoms with Gasteiger partial charge in [0.15, 0.2) is 5.82 Å². The topological polar surface area (TPSA) is 76.8 Å². The number of ether oxygens (including phenoxy) is 1. The van der Waals surface area contributed by atoms with Crippen molar-refractivity contribution < 1.29 is 4.74 Å². The number of nitrogens with zero attached hydrogens (tertiary/aromatic N) is 2. The van der Waals surface area contributed by atoms with E-state index in [2.05, 4.69) is 15.2 Å². The lowest BCUT2D eigenvalue weighted by Gasteiger charge is -2.05. The Kier molecular flexibility index (Phi) is 3.39. The fourth-order valence-electron chi connectivity index (χ4n) is 0.970. The smallest absolute Gasteiger partial charge is 0.153 e. The third kappa shape index (κ3) is 2.50. The average Bonchev–Trinajstić information content (AvgIpc) is 2.52. The van der Waals surface area contributed by atoms with Crippen molar-refractivity contribution in [3.05, 3.63) is 11.6 Å². The van der Waals surface area contributed by atoms with E-state index >= 15 is 0 Å². The molecule has 1 heterocycles. The van der Waals surface area contributed by atoms with Crippen LogP contribution in [0.5, 0.6) is 0 Å². The molecular formula is C8H16N4O. The maximum atomic E-state index is 5.76. The Morgan fingerprint density at radius 2 is 2.23 bits per heavy atom. The molecule has 3 N–H and O–H groups in total. The molecule has 0 amide bonds. The quantitative estimate of drug-likeness (QED) is 0.717. The minimum atomic E-state index is -0.218. The number of hydrogen-bond donors (Lipinski definition) is 2. The van der Waals surface area contributed by atoms with Crippen LogP contribution >= 0.6 is 0 Å². The van der Waals surface area contributed by atoms with Crippen LogP contribution in [0.1, 0.15) is 37.5 Å². The van der Waals surface area contributed by atoms with Gasteiger partial charge in [0.1, 0.15) is 5.82 Å². The van der Waals surface area contributed by atoms with Crippen LogP contribution in [-0.2, 0) is 4.74 Å². The van der Waals surface area contributed by atoms with E-state index in [0.29, 0.717) is 18.3 Å². The van der Waals surface area contributed by atoms with E-state index in [0.717, 1.165) is 5.82 Å². The van der Waals surface area contributed by atoms with Crippen LogP contribution in [0.25, 0.3) is 0 Å². The maximum Gasteiger partial charge on any atom is 0.153 e. The summed E-state index contributed by atoms with van der Waals surface area (Å²) in [5.41, 5.74) is 5.76. The van der Waals surface area contributed by atoms with E-state index in [9.17, 15) is 0 Å². The molecule has 0 saturated carbocycles. The molecule has 0 saturated heterocycles. The minimum absolute atomic E-state index is 0.218. The van der Waals surface area contributed by atoms with Crippen LogP contribution in [0.3, 0.4) is 0 Å². The summed E-state index contributed by atoms with van der Waals surface area (Å²) in [4.78, 5) is 4.26. The van der Waals surface area contributed by atoms with Crippen molar-refractivity contribution in [1.82, 2.24) is 15.2 Å². The number of rotatable bonds is 4. The van der Waals surface area contributed by atoms with E-state index in [4.69, 9.17) is 10.5 Å². The molecule has 0 aromatic carbocycles. The van der Waals surface area contributed by atoms with E-state index in [1.54, 1.807) is 7.11 Å². The van der Waals surface area contributed by atoms with Crippen LogP contribution in [0.2, 0.25) is 0 Å². The number of aromatic amines is 1. The number of methoxy groups -OCH3 is 1. The second-order valence-electron chi connectivity index (χ2n) is 3.30. The van der Waals surface area contributed by atoms with Gasteiger partial charge in [0.25, 0.3) is 0 Å². The zero-order valence-electron chi connectivity index (χ0n) is 8.24. The lowest BCUT2D eigenvalue weighted by atomic mass is 10.2. The average molecular weight is 184 g/mol. The summed E-state index contributed by atoms with van der Waals surface area (Å²) in [5, 5.41) is 6.85. The highest BCUT2D eigenvalue weighted by atomic mass is 16.5. The Hall–Kier alpha value is -0.940. The van der Waals surface area contributed by atoms with Gasteiger partial charge in [-0.2, -0.15) is 5.10 Å². The van der Waals surface area contributed by atoms with Crippen molar-refractivity contribution in [3.8, 4) is 0 Å². The van der Waals surface area contributed by atoms with Crippen LogP contribution in [0.15, 0.2) is 0 Å². The molecule has 0 spiro atoms. The first-order valence-electron chi connectivity index (χ1n) is 4.31. The van der Waals surface area contributed by atoms with Crippen molar-refractivity contribution in [2.45, 2.75) is 25.8 Å². The summed E-state index contributed by atoms with van der Waals surface area (Å²) in [5.74, 6) is 1.80. The monoisotopic (exact) mass is 184 g/mol. The van der Waals surface area contributed by atoms with Crippen LogP contribution < -0.4 is 5.73 Å². The molecule has 0 aliphatic carbocycles. The molecule has 0 fully saturated rings. The highest BCUT2D eigenvalue weighted by molar-refractivity contribution is 4.98. The second kappa shape index (κ2) is 4.34. The summed E-state index contributed by atoms with van der Waals surface area (Å²) in [6.07, 6.45) is 0. The molecule has 5 nitrogen and oxygen atoms in total. The highest BCUT2D eigenvalue weighted by Gasteiger charge is 2.12. The van der Waals surface area contributed by atoms with Crippen molar-refractivity contribution in [1.29, 1.82) is 0 Å². The summed E-state index contributed by atoms with van der Waals surface area (Å²) >= 11 is 0. The van der Waals surface area contributed by atoms with Gasteiger partial charge in [-0.1, -0.05) is 13.8 Å². The molecule has 1 unspecified atom stereocenters. The molecule has 74 valence electrons. The first-order valence-corrected chi connectivity index (χ1v) is 4.31. The Labute approximate surface area is 77.7 Å². The molecule has 0 aliphatic rings. The van der Waals surface area contributed by atoms with Gasteiger partial charge in [0, 0.05) is 13.0 Å². The normalized spacial score (nSPS) is 13.6. The van der Waals surface area contributed by atoms with E-state index in [1.807, 2.05) is 13.8 Å². The lowest BCUT2D eigenvalue weighted by Crippen LogP contribution is -2.17. The first-order chi connectivity index (χ1) is 6.15. The third-order valence-electron chi connectivity index (χ3n) is 1.73. The molecule has 13 heavy (non-hydrogen) atoms. The summed E-state index contributed by atoms with van der Waals surface area (Å²) in [6.45, 7) is 4.52. The number of hydrogen-bond acceptors (Lipinski definition) is 4. The predicted molar refractivity (Wildman–Crippen MR) is 49.3 cm³/mol. The van der Waals surface area contributed by atoms with Gasteiger partial charge in [-0.15, -0.1) is 0 Å². The van der Waals surface area contributed by atoms with Gasteiger partial charge in [-0.05, 0) is 0 Å². The van der Waals surface area contributed by atoms with Gasteiger partial charge in [0.2, 0.25) is 0 Å². The summed E-state index contributed by atoms with van der Waals surface area (Å²) < 4.78 is 4.91. The Balaban J connectivity index is 2.67. The molecule has 5 heteroatoms. The Morgan fingerprint density at radius 1 is 1.54 bits per heavy atom. The van der Waals surface area contributed by atoms with E-state index in [1.165, 1.54) is 0 Å². The van der Waals surface area contributed by atoms with E-state index in [-0.39, 0.29) is 6.04 Å². The van der Waals surface area contributed by atoms with Crippen molar-refractivity contribution >= 4 is 0 Å². The summed E-state index contributed by atoms with van der Waals surface area (Å²) in [6, 6.07) is -0.218. The van der Waals surface area contributed by atoms with Gasteiger partial charge >= 0.3 is 0 Å². The summed E-state index contributed by atoms with van der Waals surface area (Å²) in [7, 11) is 1.61. The zero-order valence-corrected chi connectivity index (χ0v) is 8.24.